The number of aliphatic hydroxyl groups excluding tert-OH is 2. The van der Waals surface area contributed by atoms with E-state index in [2.05, 4.69) is 11.8 Å². The molecule has 1 saturated carbocycles. The van der Waals surface area contributed by atoms with Crippen LogP contribution in [0.5, 0.6) is 11.5 Å². The number of aromatic hydroxyl groups is 1. The summed E-state index contributed by atoms with van der Waals surface area (Å²) in [6, 6.07) is 8.94. The number of phenols is 1. The lowest BCUT2D eigenvalue weighted by atomic mass is 9.57. The van der Waals surface area contributed by atoms with Gasteiger partial charge in [0, 0.05) is 22.6 Å². The predicted octanol–water partition coefficient (Wildman–Crippen LogP) is 1.37. The van der Waals surface area contributed by atoms with Crippen LogP contribution in [0.3, 0.4) is 0 Å². The minimum Gasteiger partial charge on any atom is -0.508 e. The van der Waals surface area contributed by atoms with Gasteiger partial charge in [-0.2, -0.15) is 0 Å². The van der Waals surface area contributed by atoms with Gasteiger partial charge in [-0.05, 0) is 74.8 Å². The van der Waals surface area contributed by atoms with Crippen LogP contribution in [0.1, 0.15) is 28.7 Å². The fraction of sp³-hybridized carbons (Fsp3) is 0.300. The molecule has 2 aromatic rings. The van der Waals surface area contributed by atoms with Crippen LogP contribution in [0.2, 0.25) is 0 Å². The molecule has 4 unspecified atom stereocenters. The van der Waals surface area contributed by atoms with Crippen molar-refractivity contribution in [3.8, 4) is 23.3 Å². The number of methoxy groups -OCH3 is 1. The SMILES string of the molecule is COc1ccc(C#Cc2ccc(O)c3c2CC2CC4C(N(C)C)C(=O)C(C(N)=O)=C(O)C4(O)C(=O)C2=C3O)cc1. The number of benzene rings is 2. The summed E-state index contributed by atoms with van der Waals surface area (Å²) < 4.78 is 5.17. The van der Waals surface area contributed by atoms with Crippen LogP contribution in [0, 0.1) is 23.7 Å². The summed E-state index contributed by atoms with van der Waals surface area (Å²) in [5.41, 5.74) is 3.35. The van der Waals surface area contributed by atoms with E-state index < -0.39 is 58.0 Å². The van der Waals surface area contributed by atoms with E-state index in [1.54, 1.807) is 51.5 Å². The first-order chi connectivity index (χ1) is 18.9. The Morgan fingerprint density at radius 3 is 2.35 bits per heavy atom. The van der Waals surface area contributed by atoms with Gasteiger partial charge in [0.15, 0.2) is 11.4 Å². The van der Waals surface area contributed by atoms with Gasteiger partial charge in [-0.1, -0.05) is 11.8 Å². The number of nitrogens with zero attached hydrogens (tertiary/aromatic N) is 1. The van der Waals surface area contributed by atoms with E-state index in [-0.39, 0.29) is 29.7 Å². The monoisotopic (exact) mass is 544 g/mol. The Kier molecular flexibility index (Phi) is 6.45. The number of aliphatic hydroxyl groups is 3. The van der Waals surface area contributed by atoms with E-state index in [1.807, 2.05) is 0 Å². The van der Waals surface area contributed by atoms with Crippen molar-refractivity contribution in [1.29, 1.82) is 0 Å². The summed E-state index contributed by atoms with van der Waals surface area (Å²) >= 11 is 0. The zero-order chi connectivity index (χ0) is 29.1. The third-order valence-electron chi connectivity index (χ3n) is 8.04. The first-order valence-corrected chi connectivity index (χ1v) is 12.6. The van der Waals surface area contributed by atoms with Gasteiger partial charge in [0.05, 0.1) is 18.7 Å². The summed E-state index contributed by atoms with van der Waals surface area (Å²) in [5.74, 6) is -0.106. The molecule has 2 aromatic carbocycles. The maximum Gasteiger partial charge on any atom is 0.255 e. The normalized spacial score (nSPS) is 25.6. The molecule has 3 aliphatic carbocycles. The number of amides is 1. The fourth-order valence-corrected chi connectivity index (χ4v) is 6.17. The van der Waals surface area contributed by atoms with Crippen LogP contribution in [-0.2, 0) is 20.8 Å². The second-order valence-electron chi connectivity index (χ2n) is 10.4. The summed E-state index contributed by atoms with van der Waals surface area (Å²) in [6.45, 7) is 0. The number of rotatable bonds is 3. The number of likely N-dealkylation sites (N-methyl/N-ethyl adjacent to an activating group) is 1. The highest BCUT2D eigenvalue weighted by molar-refractivity contribution is 6.24. The van der Waals surface area contributed by atoms with E-state index in [4.69, 9.17) is 10.5 Å². The van der Waals surface area contributed by atoms with Crippen molar-refractivity contribution in [2.75, 3.05) is 21.2 Å². The molecule has 0 spiro atoms. The zero-order valence-electron chi connectivity index (χ0n) is 22.1. The van der Waals surface area contributed by atoms with Crippen LogP contribution in [-0.4, -0.2) is 75.6 Å². The lowest BCUT2D eigenvalue weighted by molar-refractivity contribution is -0.153. The van der Waals surface area contributed by atoms with Gasteiger partial charge >= 0.3 is 0 Å². The summed E-state index contributed by atoms with van der Waals surface area (Å²) in [7, 11) is 4.67. The van der Waals surface area contributed by atoms with E-state index in [1.165, 1.54) is 11.0 Å². The molecular weight excluding hydrogens is 516 g/mol. The number of phenolic OH excluding ortho intramolecular Hbond substituents is 1. The molecule has 0 aromatic heterocycles. The molecule has 0 bridgehead atoms. The van der Waals surface area contributed by atoms with Crippen molar-refractivity contribution in [3.05, 3.63) is 75.6 Å². The Morgan fingerprint density at radius 2 is 1.75 bits per heavy atom. The Morgan fingerprint density at radius 1 is 1.07 bits per heavy atom. The number of ether oxygens (including phenoxy) is 1. The van der Waals surface area contributed by atoms with Crippen LogP contribution < -0.4 is 10.5 Å². The number of ketones is 2. The molecule has 1 fully saturated rings. The van der Waals surface area contributed by atoms with E-state index >= 15 is 0 Å². The van der Waals surface area contributed by atoms with Crippen LogP contribution >= 0.6 is 0 Å². The fourth-order valence-electron chi connectivity index (χ4n) is 6.17. The van der Waals surface area contributed by atoms with Gasteiger partial charge in [0.2, 0.25) is 5.78 Å². The number of carbonyl (C=O) groups is 3. The third-order valence-corrected chi connectivity index (χ3v) is 8.04. The first kappa shape index (κ1) is 27.0. The number of Topliss-reactive ketones (excluding diaryl/α,β-unsaturated/α-hetero) is 2. The highest BCUT2D eigenvalue weighted by atomic mass is 16.5. The Bertz CT molecular complexity index is 1590. The molecule has 3 aliphatic rings. The van der Waals surface area contributed by atoms with Gasteiger partial charge < -0.3 is 30.9 Å². The van der Waals surface area contributed by atoms with Crippen LogP contribution in [0.25, 0.3) is 5.76 Å². The molecule has 40 heavy (non-hydrogen) atoms. The highest BCUT2D eigenvalue weighted by Gasteiger charge is 2.64. The average molecular weight is 545 g/mol. The zero-order valence-corrected chi connectivity index (χ0v) is 22.1. The second kappa shape index (κ2) is 9.55. The van der Waals surface area contributed by atoms with Crippen molar-refractivity contribution in [2.45, 2.75) is 24.5 Å². The smallest absolute Gasteiger partial charge is 0.255 e. The van der Waals surface area contributed by atoms with Gasteiger partial charge in [-0.25, -0.2) is 0 Å². The average Bonchev–Trinajstić information content (AvgIpc) is 2.90. The van der Waals surface area contributed by atoms with Gasteiger partial charge in [0.1, 0.15) is 28.6 Å². The minimum atomic E-state index is -2.67. The second-order valence-corrected chi connectivity index (χ2v) is 10.4. The van der Waals surface area contributed by atoms with Crippen molar-refractivity contribution >= 4 is 23.2 Å². The molecule has 0 radical (unpaired) electrons. The lowest BCUT2D eigenvalue weighted by Gasteiger charge is -2.50. The molecule has 0 aliphatic heterocycles. The summed E-state index contributed by atoms with van der Waals surface area (Å²) in [5, 5.41) is 44.6. The molecule has 10 heteroatoms. The van der Waals surface area contributed by atoms with Gasteiger partial charge in [-0.15, -0.1) is 0 Å². The maximum atomic E-state index is 13.9. The quantitative estimate of drug-likeness (QED) is 0.283. The number of hydrogen-bond donors (Lipinski definition) is 5. The van der Waals surface area contributed by atoms with Crippen molar-refractivity contribution < 1.29 is 39.5 Å². The molecule has 0 saturated heterocycles. The molecule has 10 nitrogen and oxygen atoms in total. The molecule has 206 valence electrons. The first-order valence-electron chi connectivity index (χ1n) is 12.6. The molecular formula is C30H28N2O8. The lowest BCUT2D eigenvalue weighted by Crippen LogP contribution is -2.65. The Balaban J connectivity index is 1.66. The van der Waals surface area contributed by atoms with E-state index in [0.717, 1.165) is 0 Å². The summed E-state index contributed by atoms with van der Waals surface area (Å²) in [6.07, 6.45) is 0.169. The largest absolute Gasteiger partial charge is 0.508 e. The number of hydrogen-bond acceptors (Lipinski definition) is 9. The molecule has 0 heterocycles. The number of nitrogens with two attached hydrogens (primary N) is 1. The van der Waals surface area contributed by atoms with Crippen LogP contribution in [0.4, 0.5) is 0 Å². The Labute approximate surface area is 230 Å². The van der Waals surface area contributed by atoms with Gasteiger partial charge in [0.25, 0.3) is 5.91 Å². The summed E-state index contributed by atoms with van der Waals surface area (Å²) in [4.78, 5) is 40.6. The van der Waals surface area contributed by atoms with Crippen molar-refractivity contribution in [1.82, 2.24) is 4.90 Å². The predicted molar refractivity (Wildman–Crippen MR) is 143 cm³/mol. The molecule has 4 atom stereocenters. The number of primary amides is 1. The van der Waals surface area contributed by atoms with E-state index in [9.17, 15) is 34.8 Å². The Hall–Kier alpha value is -4.59. The molecule has 6 N–H and O–H groups in total. The number of fused-ring (bicyclic) bond motifs is 3. The topological polar surface area (TPSA) is 171 Å². The standard InChI is InChI=1S/C30H28N2O8/c1-32(2)24-19-13-16-12-18-15(7-4-14-5-9-17(40-3)10-6-14)8-11-20(33)22(18)25(34)21(16)27(36)30(19,39)28(37)23(26(24)35)29(31)38/h5-6,8-11,16,19,24,33-34,37,39H,12-13H2,1-3H3,(H2,31,38). The third kappa shape index (κ3) is 3.86. The van der Waals surface area contributed by atoms with Gasteiger partial charge in [-0.3, -0.25) is 19.3 Å². The highest BCUT2D eigenvalue weighted by Crippen LogP contribution is 2.52. The molecule has 1 amide bonds. The van der Waals surface area contributed by atoms with Crippen molar-refractivity contribution in [2.24, 2.45) is 17.6 Å². The maximum absolute atomic E-state index is 13.9. The minimum absolute atomic E-state index is 0.00202. The number of carbonyl (C=O) groups excluding carboxylic acids is 3. The van der Waals surface area contributed by atoms with Crippen LogP contribution in [0.15, 0.2) is 53.3 Å². The molecule has 5 rings (SSSR count). The van der Waals surface area contributed by atoms with Crippen molar-refractivity contribution in [3.63, 3.8) is 0 Å². The van der Waals surface area contributed by atoms with E-state index in [0.29, 0.717) is 22.4 Å².